The van der Waals surface area contributed by atoms with Gasteiger partial charge in [-0.2, -0.15) is 4.98 Å². The highest BCUT2D eigenvalue weighted by Crippen LogP contribution is 2.30. The van der Waals surface area contributed by atoms with Crippen LogP contribution in [0.1, 0.15) is 12.5 Å². The van der Waals surface area contributed by atoms with Crippen LogP contribution in [0.4, 0.5) is 17.4 Å². The van der Waals surface area contributed by atoms with Gasteiger partial charge < -0.3 is 24.4 Å². The molecule has 0 radical (unpaired) electrons. The quantitative estimate of drug-likeness (QED) is 0.324. The van der Waals surface area contributed by atoms with Gasteiger partial charge in [-0.1, -0.05) is 36.4 Å². The van der Waals surface area contributed by atoms with Crippen molar-refractivity contribution in [2.75, 3.05) is 29.9 Å². The van der Waals surface area contributed by atoms with E-state index in [1.807, 2.05) is 42.6 Å². The summed E-state index contributed by atoms with van der Waals surface area (Å²) in [6.45, 7) is 6.41. The van der Waals surface area contributed by atoms with E-state index in [0.717, 1.165) is 63.8 Å². The number of H-pyrrole nitrogens is 1. The van der Waals surface area contributed by atoms with Crippen molar-refractivity contribution in [2.45, 2.75) is 20.0 Å². The van der Waals surface area contributed by atoms with Crippen LogP contribution in [-0.2, 0) is 4.74 Å². The van der Waals surface area contributed by atoms with E-state index in [2.05, 4.69) is 64.4 Å². The molecule has 176 valence electrons. The number of oxazole rings is 1. The zero-order valence-corrected chi connectivity index (χ0v) is 19.8. The Hall–Kier alpha value is -4.10. The Labute approximate surface area is 203 Å². The zero-order chi connectivity index (χ0) is 23.8. The molecule has 1 saturated heterocycles. The van der Waals surface area contributed by atoms with Gasteiger partial charge in [0.05, 0.1) is 24.6 Å². The van der Waals surface area contributed by atoms with E-state index < -0.39 is 0 Å². The first kappa shape index (κ1) is 21.4. The van der Waals surface area contributed by atoms with Gasteiger partial charge in [0, 0.05) is 30.0 Å². The van der Waals surface area contributed by atoms with Crippen LogP contribution in [0.3, 0.4) is 0 Å². The maximum atomic E-state index is 6.01. The molecule has 0 bridgehead atoms. The number of aromatic amines is 1. The van der Waals surface area contributed by atoms with Crippen LogP contribution in [0, 0.1) is 6.92 Å². The van der Waals surface area contributed by atoms with Crippen LogP contribution in [0.2, 0.25) is 0 Å². The van der Waals surface area contributed by atoms with Crippen LogP contribution < -0.4 is 10.2 Å². The lowest BCUT2D eigenvalue weighted by molar-refractivity contribution is 0.0515. The lowest BCUT2D eigenvalue weighted by Gasteiger charge is -2.29. The van der Waals surface area contributed by atoms with E-state index >= 15 is 0 Å². The van der Waals surface area contributed by atoms with Crippen LogP contribution in [0.5, 0.6) is 0 Å². The predicted octanol–water partition coefficient (Wildman–Crippen LogP) is 6.16. The van der Waals surface area contributed by atoms with Crippen molar-refractivity contribution in [3.05, 3.63) is 78.5 Å². The minimum atomic E-state index is 0.171. The molecular weight excluding hydrogens is 438 g/mol. The van der Waals surface area contributed by atoms with Gasteiger partial charge >= 0.3 is 0 Å². The number of aryl methyl sites for hydroxylation is 1. The minimum Gasteiger partial charge on any atom is -0.423 e. The van der Waals surface area contributed by atoms with Crippen molar-refractivity contribution in [3.63, 3.8) is 0 Å². The molecule has 6 rings (SSSR count). The number of morpholine rings is 1. The fourth-order valence-electron chi connectivity index (χ4n) is 4.46. The number of anilines is 3. The SMILES string of the molecule is Cc1ccc(Nc2ccc3oc(N4CCO[C@@H](C)C4)nc3c2)cc1-c1ncc(-c2ccccc2)[nH]1. The fourth-order valence-corrected chi connectivity index (χ4v) is 4.46. The number of hydrogen-bond acceptors (Lipinski definition) is 6. The Kier molecular flexibility index (Phi) is 5.47. The van der Waals surface area contributed by atoms with E-state index in [4.69, 9.17) is 14.1 Å². The number of imidazole rings is 1. The third kappa shape index (κ3) is 4.38. The van der Waals surface area contributed by atoms with Crippen molar-refractivity contribution in [1.82, 2.24) is 15.0 Å². The molecule has 0 amide bonds. The Morgan fingerprint density at radius 3 is 2.71 bits per heavy atom. The zero-order valence-electron chi connectivity index (χ0n) is 19.8. The molecule has 1 aliphatic rings. The first-order valence-electron chi connectivity index (χ1n) is 11.9. The van der Waals surface area contributed by atoms with Gasteiger partial charge in [-0.25, -0.2) is 4.98 Å². The summed E-state index contributed by atoms with van der Waals surface area (Å²) in [6, 6.07) is 23.2. The molecule has 7 nitrogen and oxygen atoms in total. The number of fused-ring (bicyclic) bond motifs is 1. The van der Waals surface area contributed by atoms with E-state index in [0.29, 0.717) is 12.6 Å². The normalized spacial score (nSPS) is 16.1. The first-order chi connectivity index (χ1) is 17.1. The molecule has 2 aromatic heterocycles. The first-order valence-corrected chi connectivity index (χ1v) is 11.9. The predicted molar refractivity (Wildman–Crippen MR) is 139 cm³/mol. The molecule has 35 heavy (non-hydrogen) atoms. The third-order valence-electron chi connectivity index (χ3n) is 6.33. The molecule has 2 N–H and O–H groups in total. The molecule has 0 saturated carbocycles. The summed E-state index contributed by atoms with van der Waals surface area (Å²) < 4.78 is 11.6. The number of nitrogens with zero attached hydrogens (tertiary/aromatic N) is 3. The highest BCUT2D eigenvalue weighted by molar-refractivity contribution is 5.81. The van der Waals surface area contributed by atoms with Crippen molar-refractivity contribution >= 4 is 28.5 Å². The Bertz CT molecular complexity index is 1470. The number of rotatable bonds is 5. The van der Waals surface area contributed by atoms with Crippen molar-refractivity contribution in [3.8, 4) is 22.6 Å². The van der Waals surface area contributed by atoms with Crippen LogP contribution in [-0.4, -0.2) is 40.8 Å². The number of aromatic nitrogens is 3. The summed E-state index contributed by atoms with van der Waals surface area (Å²) in [5.41, 5.74) is 7.86. The Morgan fingerprint density at radius 2 is 1.86 bits per heavy atom. The van der Waals surface area contributed by atoms with Crippen molar-refractivity contribution < 1.29 is 9.15 Å². The average Bonchev–Trinajstić information content (AvgIpc) is 3.53. The standard InChI is InChI=1S/C28H27N5O2/c1-18-8-9-21(14-23(18)27-29-16-25(31-27)20-6-4-3-5-7-20)30-22-10-11-26-24(15-22)32-28(35-26)33-12-13-34-19(2)17-33/h3-11,14-16,19,30H,12-13,17H2,1-2H3,(H,29,31)/t19-/m0/s1. The highest BCUT2D eigenvalue weighted by atomic mass is 16.5. The minimum absolute atomic E-state index is 0.171. The van der Waals surface area contributed by atoms with Crippen LogP contribution in [0.15, 0.2) is 77.3 Å². The summed E-state index contributed by atoms with van der Waals surface area (Å²) in [5.74, 6) is 0.848. The van der Waals surface area contributed by atoms with E-state index in [-0.39, 0.29) is 6.10 Å². The Balaban J connectivity index is 1.25. The van der Waals surface area contributed by atoms with Gasteiger partial charge in [-0.05, 0) is 55.3 Å². The molecular formula is C28H27N5O2. The second-order valence-corrected chi connectivity index (χ2v) is 8.97. The van der Waals surface area contributed by atoms with E-state index in [9.17, 15) is 0 Å². The van der Waals surface area contributed by atoms with Crippen LogP contribution >= 0.6 is 0 Å². The highest BCUT2D eigenvalue weighted by Gasteiger charge is 2.21. The van der Waals surface area contributed by atoms with E-state index in [1.54, 1.807) is 0 Å². The van der Waals surface area contributed by atoms with Gasteiger partial charge in [0.2, 0.25) is 0 Å². The molecule has 3 aromatic carbocycles. The molecule has 0 aliphatic carbocycles. The van der Waals surface area contributed by atoms with Crippen molar-refractivity contribution in [2.24, 2.45) is 0 Å². The topological polar surface area (TPSA) is 79.2 Å². The van der Waals surface area contributed by atoms with Crippen LogP contribution in [0.25, 0.3) is 33.7 Å². The molecule has 1 fully saturated rings. The molecule has 1 atom stereocenters. The number of ether oxygens (including phenoxy) is 1. The summed E-state index contributed by atoms with van der Waals surface area (Å²) in [7, 11) is 0. The van der Waals surface area contributed by atoms with E-state index in [1.165, 1.54) is 0 Å². The summed E-state index contributed by atoms with van der Waals surface area (Å²) in [4.78, 5) is 15.0. The third-order valence-corrected chi connectivity index (χ3v) is 6.33. The van der Waals surface area contributed by atoms with Gasteiger partial charge in [0.1, 0.15) is 11.3 Å². The molecule has 5 aromatic rings. The number of hydrogen-bond donors (Lipinski definition) is 2. The lowest BCUT2D eigenvalue weighted by Crippen LogP contribution is -2.41. The second-order valence-electron chi connectivity index (χ2n) is 8.97. The van der Waals surface area contributed by atoms with Gasteiger partial charge in [0.25, 0.3) is 6.01 Å². The smallest absolute Gasteiger partial charge is 0.298 e. The maximum Gasteiger partial charge on any atom is 0.298 e. The molecule has 0 spiro atoms. The molecule has 0 unspecified atom stereocenters. The average molecular weight is 466 g/mol. The monoisotopic (exact) mass is 465 g/mol. The summed E-state index contributed by atoms with van der Waals surface area (Å²) in [5, 5.41) is 3.51. The Morgan fingerprint density at radius 1 is 1.03 bits per heavy atom. The fraction of sp³-hybridized carbons (Fsp3) is 0.214. The summed E-state index contributed by atoms with van der Waals surface area (Å²) >= 11 is 0. The van der Waals surface area contributed by atoms with Gasteiger partial charge in [-0.15, -0.1) is 0 Å². The largest absolute Gasteiger partial charge is 0.423 e. The summed E-state index contributed by atoms with van der Waals surface area (Å²) in [6.07, 6.45) is 2.06. The number of benzene rings is 3. The molecule has 1 aliphatic heterocycles. The maximum absolute atomic E-state index is 6.01. The van der Waals surface area contributed by atoms with Gasteiger partial charge in [0.15, 0.2) is 5.58 Å². The molecule has 3 heterocycles. The second kappa shape index (κ2) is 8.92. The number of nitrogens with one attached hydrogen (secondary N) is 2. The van der Waals surface area contributed by atoms with Gasteiger partial charge in [-0.3, -0.25) is 0 Å². The lowest BCUT2D eigenvalue weighted by atomic mass is 10.1. The molecule has 7 heteroatoms. The van der Waals surface area contributed by atoms with Crippen molar-refractivity contribution in [1.29, 1.82) is 0 Å².